The van der Waals surface area contributed by atoms with Gasteiger partial charge in [-0.3, -0.25) is 4.68 Å². The summed E-state index contributed by atoms with van der Waals surface area (Å²) >= 11 is 0. The monoisotopic (exact) mass is 791 g/mol. The van der Waals surface area contributed by atoms with Crippen molar-refractivity contribution in [2.45, 2.75) is 27.7 Å². The normalized spacial score (nSPS) is 12.6. The Morgan fingerprint density at radius 1 is 0.681 bits per heavy atom. The van der Waals surface area contributed by atoms with Gasteiger partial charge in [-0.1, -0.05) is 101 Å². The van der Waals surface area contributed by atoms with Gasteiger partial charge in [-0.05, 0) is 46.0 Å². The number of benzene rings is 5. The summed E-state index contributed by atoms with van der Waals surface area (Å²) in [5.41, 5.74) is 13.2. The number of rotatable bonds is 7. The SMILES string of the molecule is Cc1cc(C)c(B(c2[c-]c(N3[CH-]N(C)C(c4ccccc4)=N3)ccc2)c2[c-]c(-n3cc(-c4ccccc4)c(C)n3)ccc2)c(C)c1.[Pt]. The van der Waals surface area contributed by atoms with Gasteiger partial charge in [-0.15, -0.1) is 18.8 Å². The molecule has 0 saturated heterocycles. The molecular weight excluding hydrogens is 756 g/mol. The third kappa shape index (κ3) is 6.48. The maximum absolute atomic E-state index is 4.96. The molecule has 0 bridgehead atoms. The van der Waals surface area contributed by atoms with Crippen molar-refractivity contribution in [1.82, 2.24) is 14.7 Å². The number of hydrogen-bond acceptors (Lipinski definition) is 4. The first-order valence-electron chi connectivity index (χ1n) is 15.6. The molecule has 7 heteroatoms. The molecule has 0 N–H and O–H groups in total. The van der Waals surface area contributed by atoms with Crippen LogP contribution in [0.3, 0.4) is 0 Å². The molecule has 6 aromatic rings. The molecule has 7 rings (SSSR count). The van der Waals surface area contributed by atoms with Gasteiger partial charge >= 0.3 is 0 Å². The Bertz CT molecular complexity index is 2030. The average Bonchev–Trinajstić information content (AvgIpc) is 3.66. The van der Waals surface area contributed by atoms with Crippen molar-refractivity contribution in [2.24, 2.45) is 5.10 Å². The molecule has 5 aromatic carbocycles. The van der Waals surface area contributed by atoms with Gasteiger partial charge in [0, 0.05) is 38.4 Å². The van der Waals surface area contributed by atoms with E-state index in [1.807, 2.05) is 47.7 Å². The summed E-state index contributed by atoms with van der Waals surface area (Å²) in [4.78, 5) is 2.05. The molecule has 1 aromatic heterocycles. The molecular formula is C40H35BN5Pt-3. The van der Waals surface area contributed by atoms with Gasteiger partial charge in [0.1, 0.15) is 5.84 Å². The fraction of sp³-hybridized carbons (Fsp3) is 0.125. The molecule has 0 radical (unpaired) electrons. The molecule has 0 fully saturated rings. The largest absolute Gasteiger partial charge is 0.487 e. The van der Waals surface area contributed by atoms with Crippen LogP contribution in [0.2, 0.25) is 0 Å². The van der Waals surface area contributed by atoms with Crippen molar-refractivity contribution in [3.8, 4) is 16.8 Å². The minimum Gasteiger partial charge on any atom is -0.487 e. The van der Waals surface area contributed by atoms with Gasteiger partial charge in [0.2, 0.25) is 0 Å². The van der Waals surface area contributed by atoms with Crippen LogP contribution in [-0.4, -0.2) is 34.3 Å². The van der Waals surface area contributed by atoms with Crippen molar-refractivity contribution >= 4 is 34.6 Å². The van der Waals surface area contributed by atoms with Gasteiger partial charge in [0.05, 0.1) is 5.69 Å². The van der Waals surface area contributed by atoms with Gasteiger partial charge in [-0.2, -0.15) is 57.5 Å². The quantitative estimate of drug-likeness (QED) is 0.145. The van der Waals surface area contributed by atoms with E-state index < -0.39 is 0 Å². The van der Waals surface area contributed by atoms with E-state index in [9.17, 15) is 0 Å². The maximum Gasteiger partial charge on any atom is 0.192 e. The number of nitrogens with zero attached hydrogens (tertiary/aromatic N) is 5. The summed E-state index contributed by atoms with van der Waals surface area (Å²) in [7, 11) is 2.03. The Labute approximate surface area is 292 Å². The number of amidine groups is 1. The molecule has 236 valence electrons. The van der Waals surface area contributed by atoms with Crippen LogP contribution >= 0.6 is 0 Å². The van der Waals surface area contributed by atoms with Crippen LogP contribution in [0.4, 0.5) is 5.69 Å². The summed E-state index contributed by atoms with van der Waals surface area (Å²) < 4.78 is 1.95. The van der Waals surface area contributed by atoms with E-state index in [1.54, 1.807) is 0 Å². The number of hydrogen-bond donors (Lipinski definition) is 0. The Hall–Kier alpha value is -4.67. The van der Waals surface area contributed by atoms with Crippen LogP contribution in [-0.2, 0) is 21.1 Å². The molecule has 0 atom stereocenters. The number of anilines is 1. The van der Waals surface area contributed by atoms with Crippen LogP contribution in [0.5, 0.6) is 0 Å². The minimum absolute atomic E-state index is 0. The van der Waals surface area contributed by atoms with Crippen LogP contribution in [0.1, 0.15) is 27.9 Å². The third-order valence-electron chi connectivity index (χ3n) is 8.58. The van der Waals surface area contributed by atoms with Crippen molar-refractivity contribution in [1.29, 1.82) is 0 Å². The summed E-state index contributed by atoms with van der Waals surface area (Å²) in [6.07, 6.45) is 2.10. The van der Waals surface area contributed by atoms with Gasteiger partial charge in [-0.25, -0.2) is 0 Å². The molecule has 5 nitrogen and oxygen atoms in total. The van der Waals surface area contributed by atoms with Crippen LogP contribution in [0.15, 0.2) is 120 Å². The zero-order valence-corrected chi connectivity index (χ0v) is 29.4. The molecule has 0 spiro atoms. The van der Waals surface area contributed by atoms with E-state index in [0.717, 1.165) is 50.5 Å². The first-order valence-corrected chi connectivity index (χ1v) is 15.6. The van der Waals surface area contributed by atoms with Gasteiger partial charge < -0.3 is 9.91 Å². The smallest absolute Gasteiger partial charge is 0.192 e. The van der Waals surface area contributed by atoms with E-state index in [0.29, 0.717) is 0 Å². The number of aromatic nitrogens is 2. The van der Waals surface area contributed by atoms with Crippen LogP contribution < -0.4 is 21.4 Å². The fourth-order valence-electron chi connectivity index (χ4n) is 6.54. The molecule has 1 aliphatic heterocycles. The van der Waals surface area contributed by atoms with Crippen molar-refractivity contribution in [2.75, 3.05) is 12.1 Å². The van der Waals surface area contributed by atoms with E-state index in [2.05, 4.69) is 136 Å². The standard InChI is InChI=1S/C40H35BN5.Pt/c1-28-22-29(2)39(30(3)23-28)41(34-18-12-20-36(24-34)45-26-38(31(4)42-45)32-14-8-6-9-15-32)35-19-13-21-37(25-35)46-27-44(5)40(43-46)33-16-10-7-11-17-33;/h6-23,26-27H,1-5H3;/q-3;. The molecule has 1 aliphatic rings. The minimum atomic E-state index is -0.0938. The van der Waals surface area contributed by atoms with E-state index in [4.69, 9.17) is 10.2 Å². The maximum atomic E-state index is 4.96. The predicted molar refractivity (Wildman–Crippen MR) is 191 cm³/mol. The molecule has 0 amide bonds. The molecule has 47 heavy (non-hydrogen) atoms. The second-order valence-electron chi connectivity index (χ2n) is 12.0. The Morgan fingerprint density at radius 3 is 1.89 bits per heavy atom. The topological polar surface area (TPSA) is 36.7 Å². The molecule has 2 heterocycles. The summed E-state index contributed by atoms with van der Waals surface area (Å²) in [6, 6.07) is 45.4. The van der Waals surface area contributed by atoms with Crippen molar-refractivity contribution in [3.05, 3.63) is 162 Å². The van der Waals surface area contributed by atoms with Crippen molar-refractivity contribution in [3.63, 3.8) is 0 Å². The zero-order valence-electron chi connectivity index (χ0n) is 27.2. The zero-order chi connectivity index (χ0) is 31.8. The Kier molecular flexibility index (Phi) is 9.34. The number of aryl methyl sites for hydroxylation is 4. The van der Waals surface area contributed by atoms with Gasteiger partial charge in [0.15, 0.2) is 6.71 Å². The molecule has 0 unspecified atom stereocenters. The second kappa shape index (κ2) is 13.6. The van der Waals surface area contributed by atoms with Crippen molar-refractivity contribution < 1.29 is 21.1 Å². The fourth-order valence-corrected chi connectivity index (χ4v) is 6.54. The summed E-state index contributed by atoms with van der Waals surface area (Å²) in [5.74, 6) is 0.895. The summed E-state index contributed by atoms with van der Waals surface area (Å²) in [6.45, 7) is 10.5. The first kappa shape index (κ1) is 32.3. The number of hydrazone groups is 1. The van der Waals surface area contributed by atoms with Gasteiger partial charge in [0.25, 0.3) is 0 Å². The molecule has 0 aliphatic carbocycles. The van der Waals surface area contributed by atoms with E-state index >= 15 is 0 Å². The Balaban J connectivity index is 0.00000386. The average molecular weight is 792 g/mol. The predicted octanol–water partition coefficient (Wildman–Crippen LogP) is 6.12. The third-order valence-corrected chi connectivity index (χ3v) is 8.58. The molecule has 0 saturated carbocycles. The van der Waals surface area contributed by atoms with Crippen LogP contribution in [0.25, 0.3) is 16.8 Å². The van der Waals surface area contributed by atoms with Crippen LogP contribution in [0, 0.1) is 46.5 Å². The van der Waals surface area contributed by atoms with E-state index in [-0.39, 0.29) is 27.8 Å². The Morgan fingerprint density at radius 2 is 1.26 bits per heavy atom. The first-order chi connectivity index (χ1) is 22.4. The second-order valence-corrected chi connectivity index (χ2v) is 12.0. The van der Waals surface area contributed by atoms with E-state index in [1.165, 1.54) is 22.2 Å². The summed E-state index contributed by atoms with van der Waals surface area (Å²) in [5, 5.41) is 11.8.